The predicted molar refractivity (Wildman–Crippen MR) is 76.4 cm³/mol. The Kier molecular flexibility index (Phi) is 7.14. The summed E-state index contributed by atoms with van der Waals surface area (Å²) in [6.45, 7) is 14.3. The van der Waals surface area contributed by atoms with Crippen LogP contribution in [0.15, 0.2) is 0 Å². The third-order valence-corrected chi connectivity index (χ3v) is 3.79. The first-order chi connectivity index (χ1) is 8.11. The van der Waals surface area contributed by atoms with E-state index in [4.69, 9.17) is 0 Å². The van der Waals surface area contributed by atoms with E-state index >= 15 is 0 Å². The van der Waals surface area contributed by atoms with Crippen molar-refractivity contribution in [2.45, 2.75) is 59.4 Å². The van der Waals surface area contributed by atoms with Gasteiger partial charge in [0.2, 0.25) is 0 Å². The van der Waals surface area contributed by atoms with Crippen LogP contribution in [0.4, 0.5) is 0 Å². The normalized spacial score (nSPS) is 21.9. The van der Waals surface area contributed by atoms with Gasteiger partial charge in [0.05, 0.1) is 0 Å². The molecule has 0 bridgehead atoms. The van der Waals surface area contributed by atoms with Crippen LogP contribution in [0.2, 0.25) is 0 Å². The molecule has 1 saturated heterocycles. The molecule has 2 heteroatoms. The van der Waals surface area contributed by atoms with Crippen LogP contribution in [0.25, 0.3) is 0 Å². The van der Waals surface area contributed by atoms with E-state index in [0.717, 1.165) is 17.9 Å². The molecule has 0 aromatic carbocycles. The van der Waals surface area contributed by atoms with E-state index in [2.05, 4.69) is 37.9 Å². The van der Waals surface area contributed by atoms with Crippen LogP contribution in [0.5, 0.6) is 0 Å². The van der Waals surface area contributed by atoms with Crippen molar-refractivity contribution < 1.29 is 0 Å². The van der Waals surface area contributed by atoms with Gasteiger partial charge in [0.1, 0.15) is 0 Å². The van der Waals surface area contributed by atoms with Crippen LogP contribution >= 0.6 is 0 Å². The van der Waals surface area contributed by atoms with Crippen molar-refractivity contribution in [1.82, 2.24) is 10.2 Å². The molecule has 1 atom stereocenters. The van der Waals surface area contributed by atoms with Crippen LogP contribution in [0.1, 0.15) is 53.4 Å². The van der Waals surface area contributed by atoms with Gasteiger partial charge in [-0.05, 0) is 63.7 Å². The molecule has 1 heterocycles. The number of rotatable bonds is 8. The highest BCUT2D eigenvalue weighted by atomic mass is 15.2. The fourth-order valence-electron chi connectivity index (χ4n) is 2.84. The maximum atomic E-state index is 3.53. The second-order valence-electron chi connectivity index (χ2n) is 6.29. The third kappa shape index (κ3) is 5.87. The lowest BCUT2D eigenvalue weighted by molar-refractivity contribution is 0.203. The molecule has 102 valence electrons. The first-order valence-corrected chi connectivity index (χ1v) is 7.56. The minimum Gasteiger partial charge on any atom is -0.316 e. The molecule has 0 aromatic heterocycles. The van der Waals surface area contributed by atoms with Crippen molar-refractivity contribution in [3.05, 3.63) is 0 Å². The predicted octanol–water partition coefficient (Wildman–Crippen LogP) is 3.13. The standard InChI is InChI=1S/C15H32N2/c1-13(2)12-16-9-5-6-10-17-11-7-8-15(17)14(3)4/h13-16H,5-12H2,1-4H3. The lowest BCUT2D eigenvalue weighted by Gasteiger charge is -2.27. The maximum Gasteiger partial charge on any atom is 0.0119 e. The third-order valence-electron chi connectivity index (χ3n) is 3.79. The number of nitrogens with zero attached hydrogens (tertiary/aromatic N) is 1. The quantitative estimate of drug-likeness (QED) is 0.656. The zero-order chi connectivity index (χ0) is 12.7. The molecule has 0 aromatic rings. The van der Waals surface area contributed by atoms with E-state index in [1.165, 1.54) is 51.9 Å². The second-order valence-corrected chi connectivity index (χ2v) is 6.29. The Hall–Kier alpha value is -0.0800. The summed E-state index contributed by atoms with van der Waals surface area (Å²) in [7, 11) is 0. The fourth-order valence-corrected chi connectivity index (χ4v) is 2.84. The van der Waals surface area contributed by atoms with Gasteiger partial charge >= 0.3 is 0 Å². The number of unbranched alkanes of at least 4 members (excludes halogenated alkanes) is 1. The summed E-state index contributed by atoms with van der Waals surface area (Å²) in [4.78, 5) is 2.72. The molecule has 0 aliphatic carbocycles. The highest BCUT2D eigenvalue weighted by Gasteiger charge is 2.25. The van der Waals surface area contributed by atoms with E-state index in [-0.39, 0.29) is 0 Å². The van der Waals surface area contributed by atoms with Gasteiger partial charge in [0.25, 0.3) is 0 Å². The summed E-state index contributed by atoms with van der Waals surface area (Å²) in [6.07, 6.45) is 5.51. The molecule has 1 fully saturated rings. The first-order valence-electron chi connectivity index (χ1n) is 7.56. The topological polar surface area (TPSA) is 15.3 Å². The molecule has 0 spiro atoms. The summed E-state index contributed by atoms with van der Waals surface area (Å²) >= 11 is 0. The molecule has 0 saturated carbocycles. The van der Waals surface area contributed by atoms with E-state index < -0.39 is 0 Å². The number of hydrogen-bond acceptors (Lipinski definition) is 2. The van der Waals surface area contributed by atoms with E-state index in [0.29, 0.717) is 0 Å². The zero-order valence-corrected chi connectivity index (χ0v) is 12.3. The van der Waals surface area contributed by atoms with Crippen molar-refractivity contribution in [2.24, 2.45) is 11.8 Å². The summed E-state index contributed by atoms with van der Waals surface area (Å²) in [6, 6.07) is 0.860. The van der Waals surface area contributed by atoms with Gasteiger partial charge in [-0.3, -0.25) is 0 Å². The van der Waals surface area contributed by atoms with Crippen molar-refractivity contribution in [3.63, 3.8) is 0 Å². The van der Waals surface area contributed by atoms with Gasteiger partial charge in [-0.15, -0.1) is 0 Å². The van der Waals surface area contributed by atoms with Crippen LogP contribution in [0, 0.1) is 11.8 Å². The summed E-state index contributed by atoms with van der Waals surface area (Å²) in [5.41, 5.74) is 0. The van der Waals surface area contributed by atoms with Crippen molar-refractivity contribution in [1.29, 1.82) is 0 Å². The summed E-state index contributed by atoms with van der Waals surface area (Å²) in [5.74, 6) is 1.61. The number of hydrogen-bond donors (Lipinski definition) is 1. The van der Waals surface area contributed by atoms with Gasteiger partial charge in [-0.25, -0.2) is 0 Å². The highest BCUT2D eigenvalue weighted by Crippen LogP contribution is 2.23. The molecule has 0 amide bonds. The molecule has 17 heavy (non-hydrogen) atoms. The molecular weight excluding hydrogens is 208 g/mol. The van der Waals surface area contributed by atoms with Crippen LogP contribution in [-0.2, 0) is 0 Å². The molecular formula is C15H32N2. The lowest BCUT2D eigenvalue weighted by atomic mass is 10.0. The molecule has 2 nitrogen and oxygen atoms in total. The summed E-state index contributed by atoms with van der Waals surface area (Å²) < 4.78 is 0. The Balaban J connectivity index is 2.02. The zero-order valence-electron chi connectivity index (χ0n) is 12.3. The Morgan fingerprint density at radius 1 is 1.18 bits per heavy atom. The van der Waals surface area contributed by atoms with Crippen LogP contribution in [-0.4, -0.2) is 37.1 Å². The van der Waals surface area contributed by atoms with Gasteiger partial charge in [0.15, 0.2) is 0 Å². The average molecular weight is 240 g/mol. The van der Waals surface area contributed by atoms with Gasteiger partial charge in [-0.2, -0.15) is 0 Å². The van der Waals surface area contributed by atoms with Crippen molar-refractivity contribution in [2.75, 3.05) is 26.2 Å². The molecule has 1 aliphatic rings. The lowest BCUT2D eigenvalue weighted by Crippen LogP contribution is -2.34. The Morgan fingerprint density at radius 2 is 1.94 bits per heavy atom. The fraction of sp³-hybridized carbons (Fsp3) is 1.00. The SMILES string of the molecule is CC(C)CNCCCCN1CCCC1C(C)C. The van der Waals surface area contributed by atoms with Gasteiger partial charge in [-0.1, -0.05) is 27.7 Å². The van der Waals surface area contributed by atoms with Crippen LogP contribution in [0.3, 0.4) is 0 Å². The minimum absolute atomic E-state index is 0.777. The van der Waals surface area contributed by atoms with E-state index in [1.807, 2.05) is 0 Å². The van der Waals surface area contributed by atoms with Crippen molar-refractivity contribution >= 4 is 0 Å². The monoisotopic (exact) mass is 240 g/mol. The number of nitrogens with one attached hydrogen (secondary N) is 1. The highest BCUT2D eigenvalue weighted by molar-refractivity contribution is 4.81. The first kappa shape index (κ1) is 15.0. The van der Waals surface area contributed by atoms with Crippen molar-refractivity contribution in [3.8, 4) is 0 Å². The molecule has 1 rings (SSSR count). The largest absolute Gasteiger partial charge is 0.316 e. The number of likely N-dealkylation sites (tertiary alicyclic amines) is 1. The van der Waals surface area contributed by atoms with Gasteiger partial charge < -0.3 is 10.2 Å². The molecule has 1 N–H and O–H groups in total. The molecule has 0 radical (unpaired) electrons. The van der Waals surface area contributed by atoms with Gasteiger partial charge in [0, 0.05) is 6.04 Å². The Labute approximate surface area is 108 Å². The van der Waals surface area contributed by atoms with Crippen LogP contribution < -0.4 is 5.32 Å². The smallest absolute Gasteiger partial charge is 0.0119 e. The molecule has 1 unspecified atom stereocenters. The average Bonchev–Trinajstić information content (AvgIpc) is 2.71. The van der Waals surface area contributed by atoms with E-state index in [1.54, 1.807) is 0 Å². The second kappa shape index (κ2) is 8.10. The summed E-state index contributed by atoms with van der Waals surface area (Å²) in [5, 5.41) is 3.53. The Bertz CT molecular complexity index is 189. The Morgan fingerprint density at radius 3 is 2.59 bits per heavy atom. The molecule has 1 aliphatic heterocycles. The van der Waals surface area contributed by atoms with E-state index in [9.17, 15) is 0 Å². The minimum atomic E-state index is 0.777. The maximum absolute atomic E-state index is 3.53.